The van der Waals surface area contributed by atoms with Gasteiger partial charge >= 0.3 is 0 Å². The van der Waals surface area contributed by atoms with Gasteiger partial charge in [-0.15, -0.1) is 0 Å². The molecule has 0 heterocycles. The van der Waals surface area contributed by atoms with Crippen molar-refractivity contribution in [3.8, 4) is 5.75 Å². The number of benzene rings is 2. The lowest BCUT2D eigenvalue weighted by atomic mass is 10.1. The molecule has 2 N–H and O–H groups in total. The standard InChI is InChI=1S/C19H21ClN2O2/c1-12(21-16-9-7-13-5-3-4-6-15(13)16)19(23)22-17-11-14(20)8-10-18(17)24-2/h3-6,8,10-12,16,21H,7,9H2,1-2H3,(H,22,23). The Kier molecular flexibility index (Phi) is 5.07. The van der Waals surface area contributed by atoms with E-state index in [9.17, 15) is 4.79 Å². The largest absolute Gasteiger partial charge is 0.495 e. The molecular formula is C19H21ClN2O2. The van der Waals surface area contributed by atoms with Crippen molar-refractivity contribution in [1.82, 2.24) is 5.32 Å². The average molecular weight is 345 g/mol. The maximum absolute atomic E-state index is 12.5. The third-order valence-corrected chi connectivity index (χ3v) is 4.63. The van der Waals surface area contributed by atoms with Crippen LogP contribution in [0.3, 0.4) is 0 Å². The fourth-order valence-electron chi connectivity index (χ4n) is 3.13. The third-order valence-electron chi connectivity index (χ3n) is 4.40. The summed E-state index contributed by atoms with van der Waals surface area (Å²) < 4.78 is 5.27. The molecule has 1 aliphatic rings. The predicted octanol–water partition coefficient (Wildman–Crippen LogP) is 3.95. The van der Waals surface area contributed by atoms with E-state index in [1.165, 1.54) is 11.1 Å². The van der Waals surface area contributed by atoms with Crippen molar-refractivity contribution in [2.45, 2.75) is 31.8 Å². The maximum atomic E-state index is 12.5. The van der Waals surface area contributed by atoms with Gasteiger partial charge in [0.25, 0.3) is 0 Å². The highest BCUT2D eigenvalue weighted by Crippen LogP contribution is 2.31. The second kappa shape index (κ2) is 7.24. The number of methoxy groups -OCH3 is 1. The summed E-state index contributed by atoms with van der Waals surface area (Å²) in [5, 5.41) is 6.86. The lowest BCUT2D eigenvalue weighted by molar-refractivity contribution is -0.118. The van der Waals surface area contributed by atoms with E-state index in [1.54, 1.807) is 25.3 Å². The summed E-state index contributed by atoms with van der Waals surface area (Å²) in [5.41, 5.74) is 3.23. The van der Waals surface area contributed by atoms with Crippen LogP contribution in [0.5, 0.6) is 5.75 Å². The molecule has 2 aromatic rings. The molecule has 5 heteroatoms. The van der Waals surface area contributed by atoms with Gasteiger partial charge in [-0.2, -0.15) is 0 Å². The average Bonchev–Trinajstić information content (AvgIpc) is 2.98. The lowest BCUT2D eigenvalue weighted by Gasteiger charge is -2.20. The van der Waals surface area contributed by atoms with Crippen molar-refractivity contribution in [2.75, 3.05) is 12.4 Å². The molecular weight excluding hydrogens is 324 g/mol. The van der Waals surface area contributed by atoms with Crippen LogP contribution in [0.1, 0.15) is 30.5 Å². The molecule has 4 nitrogen and oxygen atoms in total. The Morgan fingerprint density at radius 3 is 2.88 bits per heavy atom. The number of hydrogen-bond donors (Lipinski definition) is 2. The molecule has 0 bridgehead atoms. The number of rotatable bonds is 5. The van der Waals surface area contributed by atoms with Gasteiger partial charge in [0.1, 0.15) is 5.75 Å². The molecule has 2 atom stereocenters. The van der Waals surface area contributed by atoms with Gasteiger partial charge in [0.2, 0.25) is 5.91 Å². The first kappa shape index (κ1) is 16.8. The molecule has 24 heavy (non-hydrogen) atoms. The molecule has 0 radical (unpaired) electrons. The van der Waals surface area contributed by atoms with Crippen LogP contribution in [0, 0.1) is 0 Å². The van der Waals surface area contributed by atoms with Crippen LogP contribution in [0.15, 0.2) is 42.5 Å². The van der Waals surface area contributed by atoms with E-state index in [-0.39, 0.29) is 18.0 Å². The molecule has 3 rings (SSSR count). The van der Waals surface area contributed by atoms with Gasteiger partial charge in [-0.25, -0.2) is 0 Å². The van der Waals surface area contributed by atoms with Gasteiger partial charge in [-0.05, 0) is 49.1 Å². The molecule has 0 aliphatic heterocycles. The van der Waals surface area contributed by atoms with Crippen LogP contribution in [-0.2, 0) is 11.2 Å². The Labute approximate surface area is 147 Å². The summed E-state index contributed by atoms with van der Waals surface area (Å²) in [5.74, 6) is 0.478. The minimum absolute atomic E-state index is 0.111. The van der Waals surface area contributed by atoms with Crippen molar-refractivity contribution in [2.24, 2.45) is 0 Å². The van der Waals surface area contributed by atoms with Crippen LogP contribution in [0.2, 0.25) is 5.02 Å². The number of carbonyl (C=O) groups is 1. The summed E-state index contributed by atoms with van der Waals surface area (Å²) in [6.07, 6.45) is 2.06. The molecule has 0 saturated heterocycles. The van der Waals surface area contributed by atoms with Crippen molar-refractivity contribution in [3.05, 3.63) is 58.6 Å². The Morgan fingerprint density at radius 1 is 1.29 bits per heavy atom. The zero-order valence-corrected chi connectivity index (χ0v) is 14.6. The second-order valence-corrected chi connectivity index (χ2v) is 6.45. The summed E-state index contributed by atoms with van der Waals surface area (Å²) in [4.78, 5) is 12.5. The number of nitrogens with one attached hydrogen (secondary N) is 2. The minimum Gasteiger partial charge on any atom is -0.495 e. The first-order chi connectivity index (χ1) is 11.6. The van der Waals surface area contributed by atoms with E-state index < -0.39 is 0 Å². The molecule has 0 fully saturated rings. The topological polar surface area (TPSA) is 50.4 Å². The quantitative estimate of drug-likeness (QED) is 0.863. The lowest BCUT2D eigenvalue weighted by Crippen LogP contribution is -2.39. The molecule has 1 amide bonds. The van der Waals surface area contributed by atoms with Crippen LogP contribution >= 0.6 is 11.6 Å². The van der Waals surface area contributed by atoms with E-state index in [0.717, 1.165) is 12.8 Å². The van der Waals surface area contributed by atoms with Gasteiger partial charge in [0.15, 0.2) is 0 Å². The number of carbonyl (C=O) groups excluding carboxylic acids is 1. The summed E-state index contributed by atoms with van der Waals surface area (Å²) in [6, 6.07) is 13.4. The smallest absolute Gasteiger partial charge is 0.241 e. The highest BCUT2D eigenvalue weighted by molar-refractivity contribution is 6.31. The summed E-state index contributed by atoms with van der Waals surface area (Å²) in [6.45, 7) is 1.87. The Hall–Kier alpha value is -2.04. The number of aryl methyl sites for hydroxylation is 1. The normalized spacial score (nSPS) is 17.2. The first-order valence-electron chi connectivity index (χ1n) is 8.06. The fourth-order valence-corrected chi connectivity index (χ4v) is 3.30. The number of hydrogen-bond acceptors (Lipinski definition) is 3. The molecule has 0 saturated carbocycles. The van der Waals surface area contributed by atoms with Crippen molar-refractivity contribution in [3.63, 3.8) is 0 Å². The van der Waals surface area contributed by atoms with E-state index in [2.05, 4.69) is 28.8 Å². The van der Waals surface area contributed by atoms with Gasteiger partial charge in [-0.1, -0.05) is 35.9 Å². The highest BCUT2D eigenvalue weighted by atomic mass is 35.5. The monoisotopic (exact) mass is 344 g/mol. The number of amides is 1. The van der Waals surface area contributed by atoms with Crippen LogP contribution in [-0.4, -0.2) is 19.1 Å². The number of halogens is 1. The van der Waals surface area contributed by atoms with E-state index in [4.69, 9.17) is 16.3 Å². The Balaban J connectivity index is 1.67. The highest BCUT2D eigenvalue weighted by Gasteiger charge is 2.25. The van der Waals surface area contributed by atoms with Crippen molar-refractivity contribution >= 4 is 23.2 Å². The number of anilines is 1. The van der Waals surface area contributed by atoms with Gasteiger partial charge < -0.3 is 10.1 Å². The minimum atomic E-state index is -0.329. The third kappa shape index (κ3) is 3.55. The molecule has 2 unspecified atom stereocenters. The van der Waals surface area contributed by atoms with E-state index in [1.807, 2.05) is 13.0 Å². The van der Waals surface area contributed by atoms with Crippen molar-refractivity contribution < 1.29 is 9.53 Å². The zero-order chi connectivity index (χ0) is 17.1. The first-order valence-corrected chi connectivity index (χ1v) is 8.44. The second-order valence-electron chi connectivity index (χ2n) is 6.01. The molecule has 126 valence electrons. The van der Waals surface area contributed by atoms with E-state index >= 15 is 0 Å². The van der Waals surface area contributed by atoms with Crippen LogP contribution in [0.4, 0.5) is 5.69 Å². The number of ether oxygens (including phenoxy) is 1. The summed E-state index contributed by atoms with van der Waals surface area (Å²) in [7, 11) is 1.57. The Morgan fingerprint density at radius 2 is 2.08 bits per heavy atom. The van der Waals surface area contributed by atoms with Crippen molar-refractivity contribution in [1.29, 1.82) is 0 Å². The fraction of sp³-hybridized carbons (Fsp3) is 0.316. The molecule has 0 aromatic heterocycles. The van der Waals surface area contributed by atoms with Gasteiger partial charge in [0.05, 0.1) is 18.8 Å². The van der Waals surface area contributed by atoms with E-state index in [0.29, 0.717) is 16.5 Å². The number of fused-ring (bicyclic) bond motifs is 1. The maximum Gasteiger partial charge on any atom is 0.241 e. The SMILES string of the molecule is COc1ccc(Cl)cc1NC(=O)C(C)NC1CCc2ccccc21. The molecule has 2 aromatic carbocycles. The molecule has 1 aliphatic carbocycles. The van der Waals surface area contributed by atoms with Crippen LogP contribution < -0.4 is 15.4 Å². The van der Waals surface area contributed by atoms with Crippen LogP contribution in [0.25, 0.3) is 0 Å². The summed E-state index contributed by atoms with van der Waals surface area (Å²) >= 11 is 6.01. The van der Waals surface area contributed by atoms with Gasteiger partial charge in [-0.3, -0.25) is 10.1 Å². The van der Waals surface area contributed by atoms with Gasteiger partial charge in [0, 0.05) is 11.1 Å². The Bertz CT molecular complexity index is 748. The predicted molar refractivity (Wildman–Crippen MR) is 96.7 cm³/mol. The molecule has 0 spiro atoms. The zero-order valence-electron chi connectivity index (χ0n) is 13.8.